The van der Waals surface area contributed by atoms with Crippen LogP contribution in [0, 0.1) is 5.82 Å². The van der Waals surface area contributed by atoms with Crippen LogP contribution in [-0.2, 0) is 16.4 Å². The van der Waals surface area contributed by atoms with Gasteiger partial charge in [0, 0.05) is 17.4 Å². The number of sulfonamides is 1. The highest BCUT2D eigenvalue weighted by molar-refractivity contribution is 7.92. The molecule has 8 heteroatoms. The van der Waals surface area contributed by atoms with Crippen molar-refractivity contribution in [2.24, 2.45) is 0 Å². The van der Waals surface area contributed by atoms with Gasteiger partial charge in [0.25, 0.3) is 10.0 Å². The number of aryl methyl sites for hydroxylation is 1. The second-order valence-electron chi connectivity index (χ2n) is 8.84. The molecule has 1 heterocycles. The predicted octanol–water partition coefficient (Wildman–Crippen LogP) is 6.29. The summed E-state index contributed by atoms with van der Waals surface area (Å²) in [5.41, 5.74) is 4.03. The lowest BCUT2D eigenvalue weighted by Crippen LogP contribution is -2.42. The summed E-state index contributed by atoms with van der Waals surface area (Å²) in [6.45, 7) is 6.16. The normalized spacial score (nSPS) is 15.7. The molecule has 0 spiro atoms. The molecule has 3 aromatic carbocycles. The summed E-state index contributed by atoms with van der Waals surface area (Å²) >= 11 is 5.40. The minimum atomic E-state index is -3.81. The Morgan fingerprint density at radius 2 is 1.59 bits per heavy atom. The van der Waals surface area contributed by atoms with Crippen LogP contribution in [0.25, 0.3) is 0 Å². The highest BCUT2D eigenvalue weighted by atomic mass is 32.2. The van der Waals surface area contributed by atoms with Gasteiger partial charge in [-0.05, 0) is 104 Å². The lowest BCUT2D eigenvalue weighted by molar-refractivity contribution is 0.560. The summed E-state index contributed by atoms with van der Waals surface area (Å²) in [6.07, 6.45) is 1.28. The Balaban J connectivity index is 1.48. The van der Waals surface area contributed by atoms with E-state index in [-0.39, 0.29) is 16.8 Å². The SMILES string of the molecule is CC(C)c1ccc(NC(=S)Nc2ccc(S(=O)(=O)N3c4ccc(F)cc4CC[C@@H]3C)cc2)cc1. The maximum Gasteiger partial charge on any atom is 0.264 e. The van der Waals surface area contributed by atoms with Crippen LogP contribution < -0.4 is 14.9 Å². The number of benzene rings is 3. The Labute approximate surface area is 206 Å². The van der Waals surface area contributed by atoms with E-state index in [1.807, 2.05) is 19.1 Å². The van der Waals surface area contributed by atoms with Crippen LogP contribution in [-0.4, -0.2) is 19.6 Å². The number of fused-ring (bicyclic) bond motifs is 1. The second kappa shape index (κ2) is 9.72. The Hall–Kier alpha value is -2.97. The van der Waals surface area contributed by atoms with Crippen molar-refractivity contribution in [2.75, 3.05) is 14.9 Å². The molecule has 0 aliphatic carbocycles. The second-order valence-corrected chi connectivity index (χ2v) is 11.1. The Bertz CT molecular complexity index is 1290. The lowest BCUT2D eigenvalue weighted by atomic mass is 9.99. The van der Waals surface area contributed by atoms with Gasteiger partial charge >= 0.3 is 0 Å². The number of rotatable bonds is 5. The number of hydrogen-bond donors (Lipinski definition) is 2. The first-order valence-electron chi connectivity index (χ1n) is 11.3. The summed E-state index contributed by atoms with van der Waals surface area (Å²) < 4.78 is 42.0. The quantitative estimate of drug-likeness (QED) is 0.406. The number of nitrogens with zero attached hydrogens (tertiary/aromatic N) is 1. The van der Waals surface area contributed by atoms with Gasteiger partial charge in [-0.1, -0.05) is 26.0 Å². The first-order valence-corrected chi connectivity index (χ1v) is 13.1. The highest BCUT2D eigenvalue weighted by Gasteiger charge is 2.34. The fraction of sp³-hybridized carbons (Fsp3) is 0.269. The topological polar surface area (TPSA) is 61.4 Å². The van der Waals surface area contributed by atoms with E-state index < -0.39 is 10.0 Å². The average Bonchev–Trinajstić information content (AvgIpc) is 2.79. The zero-order chi connectivity index (χ0) is 24.5. The van der Waals surface area contributed by atoms with Gasteiger partial charge in [0.1, 0.15) is 5.82 Å². The Morgan fingerprint density at radius 3 is 2.18 bits per heavy atom. The highest BCUT2D eigenvalue weighted by Crippen LogP contribution is 2.36. The van der Waals surface area contributed by atoms with Crippen molar-refractivity contribution in [3.8, 4) is 0 Å². The molecule has 178 valence electrons. The maximum absolute atomic E-state index is 13.7. The van der Waals surface area contributed by atoms with Crippen molar-refractivity contribution in [1.82, 2.24) is 0 Å². The Kier molecular flexibility index (Phi) is 6.91. The van der Waals surface area contributed by atoms with Gasteiger partial charge < -0.3 is 10.6 Å². The number of hydrogen-bond acceptors (Lipinski definition) is 3. The number of halogens is 1. The van der Waals surface area contributed by atoms with Gasteiger partial charge in [-0.15, -0.1) is 0 Å². The summed E-state index contributed by atoms with van der Waals surface area (Å²) in [6, 6.07) is 18.6. The van der Waals surface area contributed by atoms with E-state index in [0.717, 1.165) is 5.69 Å². The molecule has 34 heavy (non-hydrogen) atoms. The zero-order valence-corrected chi connectivity index (χ0v) is 21.0. The van der Waals surface area contributed by atoms with Crippen molar-refractivity contribution < 1.29 is 12.8 Å². The van der Waals surface area contributed by atoms with Crippen molar-refractivity contribution in [2.45, 2.75) is 50.5 Å². The third-order valence-electron chi connectivity index (χ3n) is 6.01. The van der Waals surface area contributed by atoms with E-state index in [0.29, 0.717) is 40.8 Å². The standard InChI is InChI=1S/C26H28FN3O2S2/c1-17(2)19-6-9-22(10-7-19)28-26(33)29-23-11-13-24(14-12-23)34(31,32)30-18(3)4-5-20-16-21(27)8-15-25(20)30/h6-18H,4-5H2,1-3H3,(H2,28,29,33)/t18-/m0/s1. The molecule has 5 nitrogen and oxygen atoms in total. The first-order chi connectivity index (χ1) is 16.1. The lowest BCUT2D eigenvalue weighted by Gasteiger charge is -2.36. The van der Waals surface area contributed by atoms with E-state index in [9.17, 15) is 12.8 Å². The molecule has 0 bridgehead atoms. The van der Waals surface area contributed by atoms with E-state index in [4.69, 9.17) is 12.2 Å². The van der Waals surface area contributed by atoms with E-state index in [2.05, 4.69) is 36.6 Å². The van der Waals surface area contributed by atoms with Gasteiger partial charge in [-0.25, -0.2) is 12.8 Å². The zero-order valence-electron chi connectivity index (χ0n) is 19.4. The van der Waals surface area contributed by atoms with Crippen LogP contribution >= 0.6 is 12.2 Å². The molecule has 0 saturated heterocycles. The first kappa shape index (κ1) is 24.2. The largest absolute Gasteiger partial charge is 0.332 e. The van der Waals surface area contributed by atoms with Gasteiger partial charge in [0.2, 0.25) is 0 Å². The fourth-order valence-corrected chi connectivity index (χ4v) is 6.08. The smallest absolute Gasteiger partial charge is 0.264 e. The molecule has 1 aliphatic heterocycles. The van der Waals surface area contributed by atoms with Crippen LogP contribution in [0.4, 0.5) is 21.5 Å². The van der Waals surface area contributed by atoms with Crippen molar-refractivity contribution >= 4 is 44.4 Å². The molecule has 0 radical (unpaired) electrons. The van der Waals surface area contributed by atoms with Crippen LogP contribution in [0.1, 0.15) is 44.2 Å². The molecule has 3 aromatic rings. The molecule has 1 atom stereocenters. The maximum atomic E-state index is 13.7. The number of nitrogens with one attached hydrogen (secondary N) is 2. The van der Waals surface area contributed by atoms with Crippen molar-refractivity contribution in [3.05, 3.63) is 83.7 Å². The molecular formula is C26H28FN3O2S2. The van der Waals surface area contributed by atoms with E-state index in [1.54, 1.807) is 30.3 Å². The van der Waals surface area contributed by atoms with Gasteiger partial charge in [0.05, 0.1) is 10.6 Å². The third kappa shape index (κ3) is 5.08. The molecule has 0 aromatic heterocycles. The molecule has 4 rings (SSSR count). The fourth-order valence-electron chi connectivity index (χ4n) is 4.12. The molecule has 0 amide bonds. The van der Waals surface area contributed by atoms with Crippen LogP contribution in [0.15, 0.2) is 71.6 Å². The molecule has 1 aliphatic rings. The minimum Gasteiger partial charge on any atom is -0.332 e. The Morgan fingerprint density at radius 1 is 1.00 bits per heavy atom. The van der Waals surface area contributed by atoms with Gasteiger partial charge in [-0.2, -0.15) is 0 Å². The van der Waals surface area contributed by atoms with Crippen LogP contribution in [0.3, 0.4) is 0 Å². The number of anilines is 3. The van der Waals surface area contributed by atoms with Gasteiger partial charge in [0.15, 0.2) is 5.11 Å². The summed E-state index contributed by atoms with van der Waals surface area (Å²) in [4.78, 5) is 0.172. The van der Waals surface area contributed by atoms with Crippen molar-refractivity contribution in [3.63, 3.8) is 0 Å². The molecule has 0 saturated carbocycles. The van der Waals surface area contributed by atoms with E-state index >= 15 is 0 Å². The molecule has 0 unspecified atom stereocenters. The molecular weight excluding hydrogens is 469 g/mol. The molecule has 0 fully saturated rings. The minimum absolute atomic E-state index is 0.172. The summed E-state index contributed by atoms with van der Waals surface area (Å²) in [5.74, 6) is 0.0954. The third-order valence-corrected chi connectivity index (χ3v) is 8.16. The summed E-state index contributed by atoms with van der Waals surface area (Å²) in [7, 11) is -3.81. The number of thiocarbonyl (C=S) groups is 1. The van der Waals surface area contributed by atoms with E-state index in [1.165, 1.54) is 22.0 Å². The summed E-state index contributed by atoms with van der Waals surface area (Å²) in [5, 5.41) is 6.64. The monoisotopic (exact) mass is 497 g/mol. The predicted molar refractivity (Wildman–Crippen MR) is 141 cm³/mol. The average molecular weight is 498 g/mol. The van der Waals surface area contributed by atoms with Crippen LogP contribution in [0.2, 0.25) is 0 Å². The molecule has 2 N–H and O–H groups in total. The van der Waals surface area contributed by atoms with Crippen LogP contribution in [0.5, 0.6) is 0 Å². The van der Waals surface area contributed by atoms with Crippen molar-refractivity contribution in [1.29, 1.82) is 0 Å². The van der Waals surface area contributed by atoms with Gasteiger partial charge in [-0.3, -0.25) is 4.31 Å².